The van der Waals surface area contributed by atoms with E-state index in [2.05, 4.69) is 15.4 Å². The molecule has 0 saturated carbocycles. The van der Waals surface area contributed by atoms with Crippen molar-refractivity contribution in [2.24, 2.45) is 5.16 Å². The summed E-state index contributed by atoms with van der Waals surface area (Å²) in [7, 11) is 2.03. The molecule has 5 nitrogen and oxygen atoms in total. The molecule has 82 valence electrons. The van der Waals surface area contributed by atoms with Crippen molar-refractivity contribution in [2.45, 2.75) is 13.1 Å². The van der Waals surface area contributed by atoms with Gasteiger partial charge in [-0.1, -0.05) is 17.3 Å². The maximum Gasteiger partial charge on any atom is 0.278 e. The molecule has 1 amide bonds. The standard InChI is InChI=1S/C11H11N3O2/c1-14-4-6-2-3-7-9(8(6)5-14)12-11(15)10(7)13-16/h2-3,16H,4-5H2,1H3,(H,12,13,15). The number of rotatable bonds is 0. The molecule has 0 radical (unpaired) electrons. The summed E-state index contributed by atoms with van der Waals surface area (Å²) in [4.78, 5) is 13.7. The Kier molecular flexibility index (Phi) is 1.79. The van der Waals surface area contributed by atoms with Crippen molar-refractivity contribution in [1.29, 1.82) is 0 Å². The van der Waals surface area contributed by atoms with Crippen LogP contribution < -0.4 is 5.32 Å². The third-order valence-corrected chi connectivity index (χ3v) is 3.09. The summed E-state index contributed by atoms with van der Waals surface area (Å²) in [5.41, 5.74) is 3.96. The average molecular weight is 217 g/mol. The van der Waals surface area contributed by atoms with Crippen molar-refractivity contribution in [1.82, 2.24) is 4.90 Å². The van der Waals surface area contributed by atoms with Crippen molar-refractivity contribution in [3.8, 4) is 0 Å². The van der Waals surface area contributed by atoms with Gasteiger partial charge in [-0.05, 0) is 18.2 Å². The normalized spacial score (nSPS) is 21.1. The Morgan fingerprint density at radius 3 is 3.00 bits per heavy atom. The first-order valence-electron chi connectivity index (χ1n) is 5.08. The number of hydrogen-bond donors (Lipinski definition) is 2. The van der Waals surface area contributed by atoms with Gasteiger partial charge in [-0.25, -0.2) is 0 Å². The van der Waals surface area contributed by atoms with Crippen LogP contribution in [0.2, 0.25) is 0 Å². The van der Waals surface area contributed by atoms with E-state index < -0.39 is 0 Å². The number of nitrogens with one attached hydrogen (secondary N) is 1. The van der Waals surface area contributed by atoms with Crippen molar-refractivity contribution in [3.63, 3.8) is 0 Å². The number of oxime groups is 1. The number of fused-ring (bicyclic) bond motifs is 3. The molecule has 1 aromatic rings. The zero-order chi connectivity index (χ0) is 11.3. The van der Waals surface area contributed by atoms with E-state index in [-0.39, 0.29) is 11.6 Å². The van der Waals surface area contributed by atoms with E-state index in [0.29, 0.717) is 5.56 Å². The molecule has 1 aromatic carbocycles. The fourth-order valence-corrected chi connectivity index (χ4v) is 2.37. The smallest absolute Gasteiger partial charge is 0.278 e. The van der Waals surface area contributed by atoms with Crippen LogP contribution in [0.15, 0.2) is 17.3 Å². The van der Waals surface area contributed by atoms with E-state index in [9.17, 15) is 4.79 Å². The van der Waals surface area contributed by atoms with Crippen LogP contribution in [0.1, 0.15) is 16.7 Å². The molecule has 0 spiro atoms. The summed E-state index contributed by atoms with van der Waals surface area (Å²) in [6, 6.07) is 3.82. The first kappa shape index (κ1) is 9.35. The Hall–Kier alpha value is -1.88. The lowest BCUT2D eigenvalue weighted by Gasteiger charge is -2.05. The number of benzene rings is 1. The third kappa shape index (κ3) is 1.09. The molecular formula is C11H11N3O2. The highest BCUT2D eigenvalue weighted by atomic mass is 16.4. The zero-order valence-corrected chi connectivity index (χ0v) is 8.82. The van der Waals surface area contributed by atoms with Gasteiger partial charge in [-0.2, -0.15) is 0 Å². The Bertz CT molecular complexity index is 522. The van der Waals surface area contributed by atoms with Crippen LogP contribution in [-0.2, 0) is 17.9 Å². The lowest BCUT2D eigenvalue weighted by atomic mass is 10.0. The molecule has 2 aliphatic heterocycles. The minimum atomic E-state index is -0.333. The molecule has 0 bridgehead atoms. The molecule has 0 fully saturated rings. The molecule has 3 rings (SSSR count). The molecule has 0 aromatic heterocycles. The minimum absolute atomic E-state index is 0.104. The predicted octanol–water partition coefficient (Wildman–Crippen LogP) is 0.762. The third-order valence-electron chi connectivity index (χ3n) is 3.09. The highest BCUT2D eigenvalue weighted by Crippen LogP contribution is 2.34. The summed E-state index contributed by atoms with van der Waals surface area (Å²) in [6.45, 7) is 1.71. The first-order chi connectivity index (χ1) is 7.70. The summed E-state index contributed by atoms with van der Waals surface area (Å²) < 4.78 is 0. The largest absolute Gasteiger partial charge is 0.410 e. The van der Waals surface area contributed by atoms with Crippen molar-refractivity contribution < 1.29 is 10.0 Å². The van der Waals surface area contributed by atoms with E-state index in [0.717, 1.165) is 24.3 Å². The maximum atomic E-state index is 11.5. The van der Waals surface area contributed by atoms with Crippen LogP contribution in [0.5, 0.6) is 0 Å². The quantitative estimate of drug-likeness (QED) is 0.498. The van der Waals surface area contributed by atoms with Crippen LogP contribution >= 0.6 is 0 Å². The van der Waals surface area contributed by atoms with E-state index in [1.807, 2.05) is 19.2 Å². The number of carbonyl (C=O) groups excluding carboxylic acids is 1. The molecule has 0 atom stereocenters. The Balaban J connectivity index is 2.20. The molecule has 0 unspecified atom stereocenters. The van der Waals surface area contributed by atoms with Crippen LogP contribution in [-0.4, -0.2) is 28.8 Å². The summed E-state index contributed by atoms with van der Waals surface area (Å²) >= 11 is 0. The lowest BCUT2D eigenvalue weighted by molar-refractivity contribution is -0.110. The van der Waals surface area contributed by atoms with Gasteiger partial charge in [0.1, 0.15) is 0 Å². The summed E-state index contributed by atoms with van der Waals surface area (Å²) in [6.07, 6.45) is 0. The topological polar surface area (TPSA) is 64.9 Å². The second-order valence-electron chi connectivity index (χ2n) is 4.20. The molecule has 0 aliphatic carbocycles. The van der Waals surface area contributed by atoms with Crippen LogP contribution in [0.4, 0.5) is 5.69 Å². The van der Waals surface area contributed by atoms with Crippen molar-refractivity contribution in [3.05, 3.63) is 28.8 Å². The van der Waals surface area contributed by atoms with Gasteiger partial charge in [0.05, 0.1) is 5.69 Å². The van der Waals surface area contributed by atoms with Gasteiger partial charge >= 0.3 is 0 Å². The van der Waals surface area contributed by atoms with E-state index >= 15 is 0 Å². The van der Waals surface area contributed by atoms with Gasteiger partial charge in [0, 0.05) is 18.7 Å². The Morgan fingerprint density at radius 1 is 1.44 bits per heavy atom. The van der Waals surface area contributed by atoms with Crippen LogP contribution in [0.25, 0.3) is 0 Å². The monoisotopic (exact) mass is 217 g/mol. The highest BCUT2D eigenvalue weighted by Gasteiger charge is 2.32. The molecule has 5 heteroatoms. The fourth-order valence-electron chi connectivity index (χ4n) is 2.37. The Labute approximate surface area is 92.4 Å². The zero-order valence-electron chi connectivity index (χ0n) is 8.82. The summed E-state index contributed by atoms with van der Waals surface area (Å²) in [5, 5.41) is 14.6. The van der Waals surface area contributed by atoms with E-state index in [4.69, 9.17) is 5.21 Å². The van der Waals surface area contributed by atoms with Gasteiger partial charge in [0.25, 0.3) is 5.91 Å². The molecular weight excluding hydrogens is 206 g/mol. The number of carbonyl (C=O) groups is 1. The van der Waals surface area contributed by atoms with Gasteiger partial charge in [0.15, 0.2) is 5.71 Å². The Morgan fingerprint density at radius 2 is 2.25 bits per heavy atom. The number of amides is 1. The van der Waals surface area contributed by atoms with Gasteiger partial charge < -0.3 is 10.5 Å². The van der Waals surface area contributed by atoms with Crippen molar-refractivity contribution in [2.75, 3.05) is 12.4 Å². The second-order valence-corrected chi connectivity index (χ2v) is 4.20. The first-order valence-corrected chi connectivity index (χ1v) is 5.08. The molecule has 0 saturated heterocycles. The van der Waals surface area contributed by atoms with Crippen LogP contribution in [0.3, 0.4) is 0 Å². The lowest BCUT2D eigenvalue weighted by Crippen LogP contribution is -2.14. The number of hydrogen-bond acceptors (Lipinski definition) is 4. The minimum Gasteiger partial charge on any atom is -0.410 e. The summed E-state index contributed by atoms with van der Waals surface area (Å²) in [5.74, 6) is -0.333. The molecule has 2 aliphatic rings. The van der Waals surface area contributed by atoms with Crippen molar-refractivity contribution >= 4 is 17.3 Å². The van der Waals surface area contributed by atoms with Crippen LogP contribution in [0, 0.1) is 0 Å². The molecule has 2 heterocycles. The van der Waals surface area contributed by atoms with E-state index in [1.165, 1.54) is 5.56 Å². The van der Waals surface area contributed by atoms with Gasteiger partial charge in [-0.3, -0.25) is 9.69 Å². The van der Waals surface area contributed by atoms with E-state index in [1.54, 1.807) is 0 Å². The molecule has 2 N–H and O–H groups in total. The molecule has 16 heavy (non-hydrogen) atoms. The highest BCUT2D eigenvalue weighted by molar-refractivity contribution is 6.53. The van der Waals surface area contributed by atoms with Gasteiger partial charge in [-0.15, -0.1) is 0 Å². The second kappa shape index (κ2) is 3.05. The fraction of sp³-hybridized carbons (Fsp3) is 0.273. The number of nitrogens with zero attached hydrogens (tertiary/aromatic N) is 2. The SMILES string of the molecule is CN1Cc2ccc3c(c2C1)NC(=O)/C3=N\O. The number of anilines is 1. The maximum absolute atomic E-state index is 11.5. The van der Waals surface area contributed by atoms with Gasteiger partial charge in [0.2, 0.25) is 0 Å². The predicted molar refractivity (Wildman–Crippen MR) is 58.6 cm³/mol. The average Bonchev–Trinajstić information content (AvgIpc) is 2.76.